The maximum atomic E-state index is 12.4. The van der Waals surface area contributed by atoms with E-state index in [0.717, 1.165) is 0 Å². The lowest BCUT2D eigenvalue weighted by Crippen LogP contribution is -2.32. The van der Waals surface area contributed by atoms with Crippen molar-refractivity contribution in [2.24, 2.45) is 0 Å². The fourth-order valence-corrected chi connectivity index (χ4v) is 2.27. The number of hydrogen-bond donors (Lipinski definition) is 2. The van der Waals surface area contributed by atoms with Crippen molar-refractivity contribution < 1.29 is 14.3 Å². The molecule has 0 aliphatic rings. The second-order valence-corrected chi connectivity index (χ2v) is 5.66. The molecule has 0 spiro atoms. The summed E-state index contributed by atoms with van der Waals surface area (Å²) in [4.78, 5) is 23.4. The summed E-state index contributed by atoms with van der Waals surface area (Å²) in [6, 6.07) is 13.8. The Hall–Kier alpha value is -2.53. The molecular weight excluding hydrogens is 328 g/mol. The van der Waals surface area contributed by atoms with Crippen molar-refractivity contribution in [2.45, 2.75) is 26.4 Å². The van der Waals surface area contributed by atoms with Crippen molar-refractivity contribution in [3.8, 4) is 5.75 Å². The molecule has 24 heavy (non-hydrogen) atoms. The third-order valence-corrected chi connectivity index (χ3v) is 3.45. The van der Waals surface area contributed by atoms with E-state index in [1.165, 1.54) is 6.92 Å². The van der Waals surface area contributed by atoms with E-state index in [1.54, 1.807) is 48.5 Å². The number of amides is 2. The highest BCUT2D eigenvalue weighted by Crippen LogP contribution is 2.20. The molecule has 2 aromatic rings. The first kappa shape index (κ1) is 17.8. The number of halogens is 1. The molecule has 0 saturated heterocycles. The van der Waals surface area contributed by atoms with Gasteiger partial charge in [0.15, 0.2) is 6.10 Å². The van der Waals surface area contributed by atoms with Crippen molar-refractivity contribution in [1.82, 2.24) is 0 Å². The molecule has 0 fully saturated rings. The summed E-state index contributed by atoms with van der Waals surface area (Å²) in [5.41, 5.74) is 1.30. The van der Waals surface area contributed by atoms with Crippen LogP contribution in [0.4, 0.5) is 11.4 Å². The smallest absolute Gasteiger partial charge is 0.265 e. The highest BCUT2D eigenvalue weighted by atomic mass is 35.5. The molecular formula is C18H19ClN2O3. The van der Waals surface area contributed by atoms with Crippen LogP contribution in [0.2, 0.25) is 5.02 Å². The van der Waals surface area contributed by atoms with Gasteiger partial charge in [-0.05, 0) is 48.9 Å². The van der Waals surface area contributed by atoms with Gasteiger partial charge in [0.05, 0.1) is 0 Å². The molecule has 0 aliphatic heterocycles. The molecule has 0 bridgehead atoms. The van der Waals surface area contributed by atoms with Crippen LogP contribution in [0, 0.1) is 0 Å². The normalized spacial score (nSPS) is 11.5. The minimum atomic E-state index is -0.626. The predicted molar refractivity (Wildman–Crippen MR) is 95.5 cm³/mol. The van der Waals surface area contributed by atoms with Crippen LogP contribution in [0.1, 0.15) is 20.3 Å². The first-order chi connectivity index (χ1) is 11.5. The van der Waals surface area contributed by atoms with Crippen molar-refractivity contribution in [3.63, 3.8) is 0 Å². The number of anilines is 2. The lowest BCUT2D eigenvalue weighted by molar-refractivity contribution is -0.122. The fraction of sp³-hybridized carbons (Fsp3) is 0.222. The molecule has 5 nitrogen and oxygen atoms in total. The van der Waals surface area contributed by atoms with Crippen molar-refractivity contribution in [1.29, 1.82) is 0 Å². The van der Waals surface area contributed by atoms with E-state index in [2.05, 4.69) is 10.6 Å². The van der Waals surface area contributed by atoms with Gasteiger partial charge in [0.1, 0.15) is 5.75 Å². The van der Waals surface area contributed by atoms with Crippen molar-refractivity contribution in [3.05, 3.63) is 53.6 Å². The van der Waals surface area contributed by atoms with Crippen molar-refractivity contribution >= 4 is 34.8 Å². The minimum Gasteiger partial charge on any atom is -0.481 e. The average molecular weight is 347 g/mol. The standard InChI is InChI=1S/C18H19ClN2O3/c1-3-17(24-16-6-4-5-13(19)11-16)18(23)21-15-9-7-14(8-10-15)20-12(2)22/h4-11,17H,3H2,1-2H3,(H,20,22)(H,21,23)/t17-/m1/s1. The van der Waals surface area contributed by atoms with Crippen LogP contribution in [-0.4, -0.2) is 17.9 Å². The molecule has 0 aliphatic carbocycles. The third-order valence-electron chi connectivity index (χ3n) is 3.21. The van der Waals surface area contributed by atoms with E-state index in [-0.39, 0.29) is 11.8 Å². The number of rotatable bonds is 6. The van der Waals surface area contributed by atoms with E-state index in [0.29, 0.717) is 28.6 Å². The molecule has 2 aromatic carbocycles. The van der Waals surface area contributed by atoms with Gasteiger partial charge in [-0.2, -0.15) is 0 Å². The Kier molecular flexibility index (Phi) is 6.21. The van der Waals surface area contributed by atoms with Crippen LogP contribution in [-0.2, 0) is 9.59 Å². The second kappa shape index (κ2) is 8.36. The van der Waals surface area contributed by atoms with Crippen LogP contribution in [0.3, 0.4) is 0 Å². The molecule has 0 aromatic heterocycles. The Morgan fingerprint density at radius 1 is 1.08 bits per heavy atom. The van der Waals surface area contributed by atoms with Crippen LogP contribution in [0.25, 0.3) is 0 Å². The molecule has 2 amide bonds. The van der Waals surface area contributed by atoms with Gasteiger partial charge in [-0.3, -0.25) is 9.59 Å². The zero-order valence-corrected chi connectivity index (χ0v) is 14.3. The molecule has 126 valence electrons. The Labute approximate surface area is 146 Å². The SMILES string of the molecule is CC[C@@H](Oc1cccc(Cl)c1)C(=O)Nc1ccc(NC(C)=O)cc1. The summed E-state index contributed by atoms with van der Waals surface area (Å²) in [5.74, 6) is 0.156. The van der Waals surface area contributed by atoms with Gasteiger partial charge in [0, 0.05) is 23.3 Å². The Balaban J connectivity index is 1.99. The molecule has 0 radical (unpaired) electrons. The molecule has 2 N–H and O–H groups in total. The lowest BCUT2D eigenvalue weighted by Gasteiger charge is -2.17. The quantitative estimate of drug-likeness (QED) is 0.827. The fourth-order valence-electron chi connectivity index (χ4n) is 2.09. The van der Waals surface area contributed by atoms with E-state index in [1.807, 2.05) is 6.92 Å². The number of hydrogen-bond acceptors (Lipinski definition) is 3. The zero-order chi connectivity index (χ0) is 17.5. The Morgan fingerprint density at radius 2 is 1.71 bits per heavy atom. The average Bonchev–Trinajstić information content (AvgIpc) is 2.54. The monoisotopic (exact) mass is 346 g/mol. The van der Waals surface area contributed by atoms with Gasteiger partial charge in [0.25, 0.3) is 5.91 Å². The minimum absolute atomic E-state index is 0.146. The predicted octanol–water partition coefficient (Wildman–Crippen LogP) is 4.09. The second-order valence-electron chi connectivity index (χ2n) is 5.22. The van der Waals surface area contributed by atoms with Gasteiger partial charge in [0.2, 0.25) is 5.91 Å². The molecule has 0 unspecified atom stereocenters. The van der Waals surface area contributed by atoms with Gasteiger partial charge < -0.3 is 15.4 Å². The third kappa shape index (κ3) is 5.28. The first-order valence-corrected chi connectivity index (χ1v) is 7.96. The van der Waals surface area contributed by atoms with E-state index < -0.39 is 6.10 Å². The molecule has 2 rings (SSSR count). The van der Waals surface area contributed by atoms with Crippen LogP contribution in [0.5, 0.6) is 5.75 Å². The van der Waals surface area contributed by atoms with E-state index >= 15 is 0 Å². The van der Waals surface area contributed by atoms with Crippen LogP contribution < -0.4 is 15.4 Å². The van der Waals surface area contributed by atoms with Gasteiger partial charge in [-0.25, -0.2) is 0 Å². The molecule has 6 heteroatoms. The van der Waals surface area contributed by atoms with Crippen LogP contribution >= 0.6 is 11.6 Å². The van der Waals surface area contributed by atoms with Gasteiger partial charge in [-0.15, -0.1) is 0 Å². The molecule has 0 heterocycles. The number of ether oxygens (including phenoxy) is 1. The maximum Gasteiger partial charge on any atom is 0.265 e. The van der Waals surface area contributed by atoms with Crippen molar-refractivity contribution in [2.75, 3.05) is 10.6 Å². The number of carbonyl (C=O) groups is 2. The summed E-state index contributed by atoms with van der Waals surface area (Å²) in [7, 11) is 0. The van der Waals surface area contributed by atoms with Gasteiger partial charge >= 0.3 is 0 Å². The van der Waals surface area contributed by atoms with E-state index in [9.17, 15) is 9.59 Å². The topological polar surface area (TPSA) is 67.4 Å². The number of carbonyl (C=O) groups excluding carboxylic acids is 2. The molecule has 1 atom stereocenters. The highest BCUT2D eigenvalue weighted by molar-refractivity contribution is 6.30. The number of benzene rings is 2. The summed E-state index contributed by atoms with van der Waals surface area (Å²) in [6.07, 6.45) is -0.110. The largest absolute Gasteiger partial charge is 0.481 e. The van der Waals surface area contributed by atoms with Gasteiger partial charge in [-0.1, -0.05) is 24.6 Å². The molecule has 0 saturated carbocycles. The first-order valence-electron chi connectivity index (χ1n) is 7.58. The Bertz CT molecular complexity index is 716. The summed E-state index contributed by atoms with van der Waals surface area (Å²) < 4.78 is 5.70. The summed E-state index contributed by atoms with van der Waals surface area (Å²) in [6.45, 7) is 3.31. The van der Waals surface area contributed by atoms with Crippen LogP contribution in [0.15, 0.2) is 48.5 Å². The maximum absolute atomic E-state index is 12.4. The summed E-state index contributed by atoms with van der Waals surface area (Å²) >= 11 is 5.92. The summed E-state index contributed by atoms with van der Waals surface area (Å²) in [5, 5.41) is 6.02. The Morgan fingerprint density at radius 3 is 2.25 bits per heavy atom. The zero-order valence-electron chi connectivity index (χ0n) is 13.5. The van der Waals surface area contributed by atoms with E-state index in [4.69, 9.17) is 16.3 Å². The lowest BCUT2D eigenvalue weighted by atomic mass is 10.2. The highest BCUT2D eigenvalue weighted by Gasteiger charge is 2.18. The number of nitrogens with one attached hydrogen (secondary N) is 2.